The zero-order valence-corrected chi connectivity index (χ0v) is 4.34. The highest BCUT2D eigenvalue weighted by atomic mass is 31.2. The molecule has 2 N–H and O–H groups in total. The summed E-state index contributed by atoms with van der Waals surface area (Å²) in [5.74, 6) is 0. The molecule has 0 aromatic heterocycles. The second-order valence-corrected chi connectivity index (χ2v) is 1.48. The minimum Gasteiger partial charge on any atom is -0.328 e. The lowest BCUT2D eigenvalue weighted by Crippen LogP contribution is -1.87. The van der Waals surface area contributed by atoms with Crippen molar-refractivity contribution in [2.24, 2.45) is 0 Å². The average molecular weight is 124 g/mol. The van der Waals surface area contributed by atoms with Crippen LogP contribution >= 0.6 is 8.60 Å². The van der Waals surface area contributed by atoms with Crippen LogP contribution in [0.1, 0.15) is 0 Å². The SMILES string of the molecule is O=CCOP(O)O. The summed E-state index contributed by atoms with van der Waals surface area (Å²) in [5.41, 5.74) is 0. The van der Waals surface area contributed by atoms with E-state index in [0.29, 0.717) is 6.29 Å². The molecular weight excluding hydrogens is 119 g/mol. The van der Waals surface area contributed by atoms with E-state index in [1.54, 1.807) is 0 Å². The maximum atomic E-state index is 9.37. The van der Waals surface area contributed by atoms with E-state index in [9.17, 15) is 4.79 Å². The summed E-state index contributed by atoms with van der Waals surface area (Å²) < 4.78 is 4.00. The highest BCUT2D eigenvalue weighted by molar-refractivity contribution is 7.39. The first-order chi connectivity index (χ1) is 3.27. The smallest absolute Gasteiger partial charge is 0.327 e. The van der Waals surface area contributed by atoms with Crippen LogP contribution in [0.15, 0.2) is 0 Å². The van der Waals surface area contributed by atoms with Crippen LogP contribution in [-0.2, 0) is 9.32 Å². The maximum Gasteiger partial charge on any atom is 0.327 e. The van der Waals surface area contributed by atoms with Crippen molar-refractivity contribution in [1.82, 2.24) is 0 Å². The molecule has 0 fully saturated rings. The molecule has 0 rings (SSSR count). The Kier molecular flexibility index (Phi) is 4.14. The molecule has 4 nitrogen and oxygen atoms in total. The third kappa shape index (κ3) is 5.98. The van der Waals surface area contributed by atoms with Gasteiger partial charge in [0, 0.05) is 0 Å². The third-order valence-corrected chi connectivity index (χ3v) is 0.638. The summed E-state index contributed by atoms with van der Waals surface area (Å²) in [5, 5.41) is 0. The Morgan fingerprint density at radius 1 is 1.71 bits per heavy atom. The van der Waals surface area contributed by atoms with Crippen LogP contribution in [0.25, 0.3) is 0 Å². The van der Waals surface area contributed by atoms with Crippen molar-refractivity contribution < 1.29 is 19.1 Å². The van der Waals surface area contributed by atoms with Crippen LogP contribution in [0.5, 0.6) is 0 Å². The van der Waals surface area contributed by atoms with E-state index in [-0.39, 0.29) is 6.61 Å². The summed E-state index contributed by atoms with van der Waals surface area (Å²) in [6.07, 6.45) is 0.446. The first kappa shape index (κ1) is 6.98. The topological polar surface area (TPSA) is 66.8 Å². The fraction of sp³-hybridized carbons (Fsp3) is 0.500. The molecule has 0 aliphatic carbocycles. The number of hydrogen-bond acceptors (Lipinski definition) is 4. The van der Waals surface area contributed by atoms with Gasteiger partial charge in [0.05, 0.1) is 0 Å². The zero-order valence-electron chi connectivity index (χ0n) is 3.44. The Morgan fingerprint density at radius 3 is 2.43 bits per heavy atom. The first-order valence-corrected chi connectivity index (χ1v) is 2.68. The Hall–Kier alpha value is -0.0200. The lowest BCUT2D eigenvalue weighted by Gasteiger charge is -1.94. The van der Waals surface area contributed by atoms with Gasteiger partial charge in [-0.1, -0.05) is 0 Å². The standard InChI is InChI=1S/C2H5O4P/c3-1-2-6-7(4)5/h1,4-5H,2H2. The van der Waals surface area contributed by atoms with Crippen molar-refractivity contribution in [1.29, 1.82) is 0 Å². The van der Waals surface area contributed by atoms with Crippen molar-refractivity contribution >= 4 is 14.9 Å². The highest BCUT2D eigenvalue weighted by Gasteiger charge is 1.93. The molecule has 0 amide bonds. The summed E-state index contributed by atoms with van der Waals surface area (Å²) in [6, 6.07) is 0. The van der Waals surface area contributed by atoms with Gasteiger partial charge >= 0.3 is 8.60 Å². The lowest BCUT2D eigenvalue weighted by atomic mass is 10.9. The van der Waals surface area contributed by atoms with Crippen LogP contribution in [0.4, 0.5) is 0 Å². The van der Waals surface area contributed by atoms with Crippen molar-refractivity contribution in [2.75, 3.05) is 6.61 Å². The Balaban J connectivity index is 2.81. The maximum absolute atomic E-state index is 9.37. The van der Waals surface area contributed by atoms with Crippen LogP contribution in [0.2, 0.25) is 0 Å². The van der Waals surface area contributed by atoms with Crippen LogP contribution < -0.4 is 0 Å². The highest BCUT2D eigenvalue weighted by Crippen LogP contribution is 2.22. The van der Waals surface area contributed by atoms with Crippen molar-refractivity contribution in [3.8, 4) is 0 Å². The molecule has 0 radical (unpaired) electrons. The van der Waals surface area contributed by atoms with Crippen molar-refractivity contribution in [2.45, 2.75) is 0 Å². The molecule has 0 unspecified atom stereocenters. The Bertz CT molecular complexity index is 53.7. The summed E-state index contributed by atoms with van der Waals surface area (Å²) in [6.45, 7) is -0.251. The van der Waals surface area contributed by atoms with Gasteiger partial charge in [-0.2, -0.15) is 0 Å². The van der Waals surface area contributed by atoms with E-state index in [4.69, 9.17) is 9.79 Å². The summed E-state index contributed by atoms with van der Waals surface area (Å²) in [4.78, 5) is 25.2. The molecular formula is C2H5O4P. The quantitative estimate of drug-likeness (QED) is 0.390. The number of hydrogen-bond donors (Lipinski definition) is 2. The van der Waals surface area contributed by atoms with Crippen LogP contribution in [0.3, 0.4) is 0 Å². The molecule has 0 atom stereocenters. The monoisotopic (exact) mass is 124 g/mol. The fourth-order valence-electron chi connectivity index (χ4n) is 0.0971. The molecule has 7 heavy (non-hydrogen) atoms. The summed E-state index contributed by atoms with van der Waals surface area (Å²) in [7, 11) is -2.34. The Morgan fingerprint density at radius 2 is 2.29 bits per heavy atom. The predicted octanol–water partition coefficient (Wildman–Crippen LogP) is -0.587. The van der Waals surface area contributed by atoms with Gasteiger partial charge < -0.3 is 19.1 Å². The normalized spacial score (nSPS) is 9.57. The first-order valence-electron chi connectivity index (χ1n) is 1.52. The van der Waals surface area contributed by atoms with E-state index >= 15 is 0 Å². The van der Waals surface area contributed by atoms with Gasteiger partial charge in [-0.15, -0.1) is 0 Å². The van der Waals surface area contributed by atoms with Crippen molar-refractivity contribution in [3.63, 3.8) is 0 Å². The largest absolute Gasteiger partial charge is 0.328 e. The lowest BCUT2D eigenvalue weighted by molar-refractivity contribution is -0.109. The minimum absolute atomic E-state index is 0.251. The van der Waals surface area contributed by atoms with Crippen molar-refractivity contribution in [3.05, 3.63) is 0 Å². The molecule has 0 aliphatic rings. The van der Waals surface area contributed by atoms with Crippen LogP contribution in [-0.4, -0.2) is 22.7 Å². The molecule has 0 saturated carbocycles. The zero-order chi connectivity index (χ0) is 5.70. The molecule has 0 aromatic rings. The molecule has 0 saturated heterocycles. The Labute approximate surface area is 41.7 Å². The molecule has 0 spiro atoms. The summed E-state index contributed by atoms with van der Waals surface area (Å²) >= 11 is 0. The number of rotatable bonds is 3. The van der Waals surface area contributed by atoms with E-state index in [0.717, 1.165) is 0 Å². The average Bonchev–Trinajstić information content (AvgIpc) is 1.61. The number of aldehydes is 1. The van der Waals surface area contributed by atoms with Gasteiger partial charge in [0.1, 0.15) is 12.9 Å². The molecule has 0 aromatic carbocycles. The van der Waals surface area contributed by atoms with Gasteiger partial charge in [-0.3, -0.25) is 0 Å². The van der Waals surface area contributed by atoms with E-state index in [1.807, 2.05) is 0 Å². The fourth-order valence-corrected chi connectivity index (χ4v) is 0.291. The molecule has 42 valence electrons. The minimum atomic E-state index is -2.34. The molecule has 5 heteroatoms. The molecule has 0 bridgehead atoms. The van der Waals surface area contributed by atoms with Crippen LogP contribution in [0, 0.1) is 0 Å². The number of carbonyl (C=O) groups excluding carboxylic acids is 1. The van der Waals surface area contributed by atoms with Gasteiger partial charge in [0.2, 0.25) is 0 Å². The van der Waals surface area contributed by atoms with E-state index < -0.39 is 8.60 Å². The van der Waals surface area contributed by atoms with Gasteiger partial charge in [-0.05, 0) is 0 Å². The molecule has 0 heterocycles. The van der Waals surface area contributed by atoms with E-state index in [1.165, 1.54) is 0 Å². The second-order valence-electron chi connectivity index (χ2n) is 0.715. The molecule has 0 aliphatic heterocycles. The predicted molar refractivity (Wildman–Crippen MR) is 23.4 cm³/mol. The van der Waals surface area contributed by atoms with Gasteiger partial charge in [0.25, 0.3) is 0 Å². The third-order valence-electron chi connectivity index (χ3n) is 0.258. The number of carbonyl (C=O) groups is 1. The second kappa shape index (κ2) is 4.15. The van der Waals surface area contributed by atoms with Gasteiger partial charge in [0.15, 0.2) is 0 Å². The van der Waals surface area contributed by atoms with Gasteiger partial charge in [-0.25, -0.2) is 0 Å². The van der Waals surface area contributed by atoms with E-state index in [2.05, 4.69) is 4.52 Å².